The predicted octanol–water partition coefficient (Wildman–Crippen LogP) is 4.67. The average Bonchev–Trinajstić information content (AvgIpc) is 2.83. The summed E-state index contributed by atoms with van der Waals surface area (Å²) in [5.74, 6) is -2.89. The Morgan fingerprint density at radius 3 is 2.50 bits per heavy atom. The third-order valence-electron chi connectivity index (χ3n) is 5.33. The van der Waals surface area contributed by atoms with Crippen LogP contribution in [0.5, 0.6) is 11.6 Å². The van der Waals surface area contributed by atoms with Gasteiger partial charge in [0.2, 0.25) is 11.8 Å². The number of halogens is 5. The van der Waals surface area contributed by atoms with E-state index < -0.39 is 60.3 Å². The van der Waals surface area contributed by atoms with Crippen LogP contribution in [-0.2, 0) is 14.3 Å². The molecule has 3 rings (SSSR count). The maximum Gasteiger partial charge on any atom is 0.574 e. The van der Waals surface area contributed by atoms with E-state index in [1.807, 2.05) is 0 Å². The number of nitrogens with zero attached hydrogens (tertiary/aromatic N) is 2. The number of hydrogen-bond acceptors (Lipinski definition) is 7. The predicted molar refractivity (Wildman–Crippen MR) is 134 cm³/mol. The molecule has 40 heavy (non-hydrogen) atoms. The monoisotopic (exact) mass is 590 g/mol. The highest BCUT2D eigenvalue weighted by Crippen LogP contribution is 2.25. The zero-order valence-corrected chi connectivity index (χ0v) is 22.4. The maximum atomic E-state index is 13.6. The molecule has 2 atom stereocenters. The number of amides is 3. The maximum absolute atomic E-state index is 13.6. The van der Waals surface area contributed by atoms with Gasteiger partial charge in [-0.25, -0.2) is 9.18 Å². The molecule has 2 N–H and O–H groups in total. The molecule has 10 nitrogen and oxygen atoms in total. The minimum Gasteiger partial charge on any atom is -0.484 e. The van der Waals surface area contributed by atoms with E-state index in [-0.39, 0.29) is 36.0 Å². The minimum atomic E-state index is -4.97. The molecule has 1 saturated heterocycles. The van der Waals surface area contributed by atoms with E-state index in [1.54, 1.807) is 20.8 Å². The first-order valence-corrected chi connectivity index (χ1v) is 12.4. The Hall–Kier alpha value is -3.81. The lowest BCUT2D eigenvalue weighted by Crippen LogP contribution is -2.58. The van der Waals surface area contributed by atoms with Crippen LogP contribution >= 0.6 is 11.6 Å². The molecule has 1 unspecified atom stereocenters. The van der Waals surface area contributed by atoms with Crippen LogP contribution in [0.25, 0.3) is 0 Å². The zero-order chi connectivity index (χ0) is 29.7. The summed E-state index contributed by atoms with van der Waals surface area (Å²) in [6.45, 7) is 4.34. The van der Waals surface area contributed by atoms with E-state index in [4.69, 9.17) is 21.1 Å². The number of pyridine rings is 1. The largest absolute Gasteiger partial charge is 0.574 e. The molecule has 218 valence electrons. The molecule has 0 aliphatic carbocycles. The molecule has 15 heteroatoms. The Morgan fingerprint density at radius 2 is 1.85 bits per heavy atom. The fourth-order valence-corrected chi connectivity index (χ4v) is 3.86. The molecule has 0 radical (unpaired) electrons. The van der Waals surface area contributed by atoms with Crippen molar-refractivity contribution in [3.05, 3.63) is 47.2 Å². The second kappa shape index (κ2) is 12.6. The Kier molecular flexibility index (Phi) is 9.66. The van der Waals surface area contributed by atoms with Crippen molar-refractivity contribution < 1.29 is 46.2 Å². The highest BCUT2D eigenvalue weighted by molar-refractivity contribution is 6.30. The van der Waals surface area contributed by atoms with Crippen molar-refractivity contribution >= 4 is 35.3 Å². The van der Waals surface area contributed by atoms with Gasteiger partial charge in [0.1, 0.15) is 29.0 Å². The van der Waals surface area contributed by atoms with E-state index in [0.717, 1.165) is 17.0 Å². The molecule has 1 fully saturated rings. The number of alkyl halides is 3. The first kappa shape index (κ1) is 30.7. The number of nitrogens with one attached hydrogen (secondary N) is 2. The summed E-state index contributed by atoms with van der Waals surface area (Å²) in [5, 5.41) is 5.00. The normalized spacial score (nSPS) is 17.6. The van der Waals surface area contributed by atoms with E-state index in [2.05, 4.69) is 20.4 Å². The van der Waals surface area contributed by atoms with E-state index in [0.29, 0.717) is 0 Å². The van der Waals surface area contributed by atoms with Gasteiger partial charge in [-0.3, -0.25) is 14.5 Å². The van der Waals surface area contributed by atoms with Gasteiger partial charge in [-0.2, -0.15) is 4.98 Å². The Morgan fingerprint density at radius 1 is 1.12 bits per heavy atom. The standard InChI is InChI=1S/C25H27ClF4N4O6/c1-24(2,3)40-23(37)34-12-14(31-20(35)13-38-15-8-9-16(26)17(27)11-15)7-10-18(34)22(36)33-19-5-4-6-21(32-19)39-25(28,29)30/h4-6,8-9,11,14,18H,7,10,12-13H2,1-3H3,(H,31,35)(H,32,33,36)/t14?,18-/m0/s1. The topological polar surface area (TPSA) is 119 Å². The van der Waals surface area contributed by atoms with Crippen LogP contribution in [0.1, 0.15) is 33.6 Å². The van der Waals surface area contributed by atoms with Crippen LogP contribution in [0, 0.1) is 5.82 Å². The molecule has 1 aliphatic rings. The van der Waals surface area contributed by atoms with Gasteiger partial charge >= 0.3 is 12.5 Å². The Bertz CT molecular complexity index is 1240. The SMILES string of the molecule is CC(C)(C)OC(=O)N1CC(NC(=O)COc2ccc(Cl)c(F)c2)CC[C@H]1C(=O)Nc1cccc(OC(F)(F)F)n1. The summed E-state index contributed by atoms with van der Waals surface area (Å²) < 4.78 is 65.7. The molecule has 0 saturated carbocycles. The highest BCUT2D eigenvalue weighted by atomic mass is 35.5. The summed E-state index contributed by atoms with van der Waals surface area (Å²) in [5.41, 5.74) is -0.902. The van der Waals surface area contributed by atoms with Gasteiger partial charge in [0.05, 0.1) is 5.02 Å². The van der Waals surface area contributed by atoms with Crippen LogP contribution < -0.4 is 20.1 Å². The van der Waals surface area contributed by atoms with Crippen molar-refractivity contribution in [3.8, 4) is 11.6 Å². The van der Waals surface area contributed by atoms with E-state index in [9.17, 15) is 31.9 Å². The summed E-state index contributed by atoms with van der Waals surface area (Å²) in [6, 6.07) is 5.48. The lowest BCUT2D eigenvalue weighted by molar-refractivity contribution is -0.276. The Labute approximate surface area is 231 Å². The second-order valence-corrected chi connectivity index (χ2v) is 10.2. The quantitative estimate of drug-likeness (QED) is 0.450. The van der Waals surface area contributed by atoms with Crippen molar-refractivity contribution in [2.45, 2.75) is 57.7 Å². The average molecular weight is 591 g/mol. The van der Waals surface area contributed by atoms with E-state index in [1.165, 1.54) is 24.3 Å². The van der Waals surface area contributed by atoms with Crippen molar-refractivity contribution in [1.82, 2.24) is 15.2 Å². The summed E-state index contributed by atoms with van der Waals surface area (Å²) >= 11 is 5.63. The van der Waals surface area contributed by atoms with Gasteiger partial charge in [0.15, 0.2) is 6.61 Å². The molecular formula is C25H27ClF4N4O6. The van der Waals surface area contributed by atoms with Crippen LogP contribution in [0.15, 0.2) is 36.4 Å². The van der Waals surface area contributed by atoms with Crippen LogP contribution in [0.4, 0.5) is 28.2 Å². The number of rotatable bonds is 7. The number of carbonyl (C=O) groups is 3. The molecule has 1 aromatic carbocycles. The molecule has 3 amide bonds. The smallest absolute Gasteiger partial charge is 0.484 e. The number of carbonyl (C=O) groups excluding carboxylic acids is 3. The molecule has 0 spiro atoms. The van der Waals surface area contributed by atoms with Gasteiger partial charge in [0, 0.05) is 24.7 Å². The first-order valence-electron chi connectivity index (χ1n) is 12.0. The molecular weight excluding hydrogens is 564 g/mol. The molecule has 1 aliphatic heterocycles. The molecule has 2 heterocycles. The third kappa shape index (κ3) is 9.43. The number of ether oxygens (including phenoxy) is 3. The minimum absolute atomic E-state index is 0.0814. The van der Waals surface area contributed by atoms with Crippen molar-refractivity contribution in [3.63, 3.8) is 0 Å². The number of hydrogen-bond donors (Lipinski definition) is 2. The Balaban J connectivity index is 1.66. The number of aromatic nitrogens is 1. The number of benzene rings is 1. The second-order valence-electron chi connectivity index (χ2n) is 9.75. The number of likely N-dealkylation sites (tertiary alicyclic amines) is 1. The third-order valence-corrected chi connectivity index (χ3v) is 5.64. The van der Waals surface area contributed by atoms with Crippen LogP contribution in [0.2, 0.25) is 5.02 Å². The highest BCUT2D eigenvalue weighted by Gasteiger charge is 2.39. The molecule has 1 aromatic heterocycles. The van der Waals surface area contributed by atoms with Crippen molar-refractivity contribution in [2.24, 2.45) is 0 Å². The molecule has 2 aromatic rings. The summed E-state index contributed by atoms with van der Waals surface area (Å²) in [7, 11) is 0. The van der Waals surface area contributed by atoms with E-state index >= 15 is 0 Å². The molecule has 0 bridgehead atoms. The van der Waals surface area contributed by atoms with Crippen molar-refractivity contribution in [1.29, 1.82) is 0 Å². The number of anilines is 1. The number of piperidine rings is 1. The zero-order valence-electron chi connectivity index (χ0n) is 21.7. The van der Waals surface area contributed by atoms with Crippen LogP contribution in [0.3, 0.4) is 0 Å². The lowest BCUT2D eigenvalue weighted by atomic mass is 9.97. The summed E-state index contributed by atoms with van der Waals surface area (Å²) in [4.78, 5) is 43.3. The van der Waals surface area contributed by atoms with Gasteiger partial charge in [-0.15, -0.1) is 13.2 Å². The first-order chi connectivity index (χ1) is 18.6. The lowest BCUT2D eigenvalue weighted by Gasteiger charge is -2.39. The van der Waals surface area contributed by atoms with Gasteiger partial charge in [-0.05, 0) is 51.8 Å². The van der Waals surface area contributed by atoms with Crippen molar-refractivity contribution in [2.75, 3.05) is 18.5 Å². The van der Waals surface area contributed by atoms with Gasteiger partial charge < -0.3 is 24.8 Å². The van der Waals surface area contributed by atoms with Gasteiger partial charge in [-0.1, -0.05) is 17.7 Å². The fourth-order valence-electron chi connectivity index (χ4n) is 3.74. The fraction of sp³-hybridized carbons (Fsp3) is 0.440. The summed E-state index contributed by atoms with van der Waals surface area (Å²) in [6.07, 6.45) is -5.45. The van der Waals surface area contributed by atoms with Gasteiger partial charge in [0.25, 0.3) is 5.91 Å². The van der Waals surface area contributed by atoms with Crippen LogP contribution in [-0.4, -0.2) is 65.0 Å².